The second-order valence-corrected chi connectivity index (χ2v) is 3.62. The van der Waals surface area contributed by atoms with E-state index in [9.17, 15) is 0 Å². The van der Waals surface area contributed by atoms with E-state index in [0.717, 1.165) is 4.43 Å². The van der Waals surface area contributed by atoms with Gasteiger partial charge in [-0.3, -0.25) is 0 Å². The average molecular weight is 264 g/mol. The fourth-order valence-electron chi connectivity index (χ4n) is 0.715. The molecule has 10 heavy (non-hydrogen) atoms. The van der Waals surface area contributed by atoms with Crippen molar-refractivity contribution < 1.29 is 0 Å². The number of halogens is 1. The standard InChI is InChI=1S/C8H9IS/c1-10-8-4-2-7(6-9)3-5-8/h2-5H,6H2,1H3. The number of hydrogen-bond donors (Lipinski definition) is 0. The molecule has 0 radical (unpaired) electrons. The molecule has 0 atom stereocenters. The van der Waals surface area contributed by atoms with Crippen LogP contribution >= 0.6 is 34.4 Å². The highest BCUT2D eigenvalue weighted by Gasteiger charge is 1.89. The maximum absolute atomic E-state index is 2.37. The van der Waals surface area contributed by atoms with E-state index in [1.165, 1.54) is 10.5 Å². The quantitative estimate of drug-likeness (QED) is 0.448. The average Bonchev–Trinajstić information content (AvgIpc) is 2.05. The summed E-state index contributed by atoms with van der Waals surface area (Å²) in [7, 11) is 0. The second kappa shape index (κ2) is 4.23. The van der Waals surface area contributed by atoms with E-state index in [0.29, 0.717) is 0 Å². The van der Waals surface area contributed by atoms with E-state index in [2.05, 4.69) is 53.1 Å². The summed E-state index contributed by atoms with van der Waals surface area (Å²) in [4.78, 5) is 1.34. The molecule has 1 aromatic rings. The summed E-state index contributed by atoms with van der Waals surface area (Å²) in [6.45, 7) is 0. The normalized spacial score (nSPS) is 9.80. The smallest absolute Gasteiger partial charge is 0.0247 e. The fourth-order valence-corrected chi connectivity index (χ4v) is 1.63. The van der Waals surface area contributed by atoms with E-state index >= 15 is 0 Å². The van der Waals surface area contributed by atoms with Crippen molar-refractivity contribution in [2.75, 3.05) is 6.26 Å². The second-order valence-electron chi connectivity index (χ2n) is 1.98. The van der Waals surface area contributed by atoms with Crippen LogP contribution in [0.15, 0.2) is 29.2 Å². The van der Waals surface area contributed by atoms with Crippen LogP contribution in [0.4, 0.5) is 0 Å². The maximum atomic E-state index is 2.37. The van der Waals surface area contributed by atoms with Crippen LogP contribution < -0.4 is 0 Å². The number of thioether (sulfide) groups is 1. The molecule has 54 valence electrons. The highest BCUT2D eigenvalue weighted by Crippen LogP contribution is 2.15. The van der Waals surface area contributed by atoms with Gasteiger partial charge >= 0.3 is 0 Å². The molecule has 0 unspecified atom stereocenters. The lowest BCUT2D eigenvalue weighted by molar-refractivity contribution is 1.37. The molecule has 1 aromatic carbocycles. The van der Waals surface area contributed by atoms with Gasteiger partial charge in [-0.2, -0.15) is 0 Å². The van der Waals surface area contributed by atoms with Gasteiger partial charge in [0.05, 0.1) is 0 Å². The SMILES string of the molecule is CSc1ccc(CI)cc1. The molecule has 0 fully saturated rings. The molecule has 0 aliphatic carbocycles. The van der Waals surface area contributed by atoms with Gasteiger partial charge in [0.1, 0.15) is 0 Å². The van der Waals surface area contributed by atoms with Crippen molar-refractivity contribution in [3.05, 3.63) is 29.8 Å². The molecule has 0 saturated heterocycles. The molecule has 1 rings (SSSR count). The first-order valence-electron chi connectivity index (χ1n) is 3.05. The zero-order valence-corrected chi connectivity index (χ0v) is 8.78. The van der Waals surface area contributed by atoms with E-state index in [4.69, 9.17) is 0 Å². The minimum absolute atomic E-state index is 1.10. The summed E-state index contributed by atoms with van der Waals surface area (Å²) in [6.07, 6.45) is 2.10. The van der Waals surface area contributed by atoms with Crippen LogP contribution in [-0.2, 0) is 4.43 Å². The van der Waals surface area contributed by atoms with Crippen molar-refractivity contribution in [1.29, 1.82) is 0 Å². The van der Waals surface area contributed by atoms with Crippen LogP contribution in [0.2, 0.25) is 0 Å². The monoisotopic (exact) mass is 264 g/mol. The Balaban J connectivity index is 2.80. The molecule has 0 N–H and O–H groups in total. The third kappa shape index (κ3) is 2.16. The Morgan fingerprint density at radius 2 is 1.90 bits per heavy atom. The van der Waals surface area contributed by atoms with E-state index < -0.39 is 0 Å². The van der Waals surface area contributed by atoms with Crippen LogP contribution in [0.3, 0.4) is 0 Å². The lowest BCUT2D eigenvalue weighted by atomic mass is 10.2. The predicted octanol–water partition coefficient (Wildman–Crippen LogP) is 3.34. The molecule has 0 aliphatic heterocycles. The van der Waals surface area contributed by atoms with Gasteiger partial charge in [-0.15, -0.1) is 11.8 Å². The zero-order valence-electron chi connectivity index (χ0n) is 5.80. The molecule has 0 heterocycles. The zero-order chi connectivity index (χ0) is 7.40. The Bertz CT molecular complexity index is 170. The van der Waals surface area contributed by atoms with E-state index in [-0.39, 0.29) is 0 Å². The third-order valence-corrected chi connectivity index (χ3v) is 2.94. The molecule has 0 nitrogen and oxygen atoms in total. The third-order valence-electron chi connectivity index (χ3n) is 1.31. The van der Waals surface area contributed by atoms with Crippen molar-refractivity contribution in [2.24, 2.45) is 0 Å². The van der Waals surface area contributed by atoms with Gasteiger partial charge in [-0.25, -0.2) is 0 Å². The molecule has 0 amide bonds. The molecular weight excluding hydrogens is 255 g/mol. The summed E-state index contributed by atoms with van der Waals surface area (Å²) in [6, 6.07) is 8.69. The van der Waals surface area contributed by atoms with Crippen LogP contribution in [0.25, 0.3) is 0 Å². The first kappa shape index (κ1) is 8.40. The van der Waals surface area contributed by atoms with Gasteiger partial charge in [0.15, 0.2) is 0 Å². The fraction of sp³-hybridized carbons (Fsp3) is 0.250. The Labute approximate surface area is 79.5 Å². The molecule has 0 bridgehead atoms. The largest absolute Gasteiger partial charge is 0.130 e. The molecular formula is C8H9IS. The van der Waals surface area contributed by atoms with Crippen molar-refractivity contribution in [3.63, 3.8) is 0 Å². The van der Waals surface area contributed by atoms with Gasteiger partial charge < -0.3 is 0 Å². The summed E-state index contributed by atoms with van der Waals surface area (Å²) in [5.41, 5.74) is 1.40. The van der Waals surface area contributed by atoms with E-state index in [1.54, 1.807) is 11.8 Å². The summed E-state index contributed by atoms with van der Waals surface area (Å²) in [5, 5.41) is 0. The van der Waals surface area contributed by atoms with Gasteiger partial charge in [0.2, 0.25) is 0 Å². The lowest BCUT2D eigenvalue weighted by Gasteiger charge is -1.96. The van der Waals surface area contributed by atoms with Crippen molar-refractivity contribution in [2.45, 2.75) is 9.32 Å². The molecule has 0 saturated carbocycles. The van der Waals surface area contributed by atoms with Gasteiger partial charge in [0, 0.05) is 9.32 Å². The first-order chi connectivity index (χ1) is 4.86. The minimum Gasteiger partial charge on any atom is -0.130 e. The molecule has 2 heteroatoms. The summed E-state index contributed by atoms with van der Waals surface area (Å²) in [5.74, 6) is 0. The number of benzene rings is 1. The maximum Gasteiger partial charge on any atom is 0.0247 e. The topological polar surface area (TPSA) is 0 Å². The molecule has 0 spiro atoms. The van der Waals surface area contributed by atoms with Crippen molar-refractivity contribution in [3.8, 4) is 0 Å². The van der Waals surface area contributed by atoms with Crippen molar-refractivity contribution in [1.82, 2.24) is 0 Å². The Morgan fingerprint density at radius 1 is 1.30 bits per heavy atom. The molecule has 0 aliphatic rings. The predicted molar refractivity (Wildman–Crippen MR) is 55.9 cm³/mol. The van der Waals surface area contributed by atoms with Crippen molar-refractivity contribution >= 4 is 34.4 Å². The summed E-state index contributed by atoms with van der Waals surface area (Å²) >= 11 is 4.16. The number of rotatable bonds is 2. The highest BCUT2D eigenvalue weighted by atomic mass is 127. The van der Waals surface area contributed by atoms with Crippen LogP contribution in [-0.4, -0.2) is 6.26 Å². The Morgan fingerprint density at radius 3 is 2.30 bits per heavy atom. The highest BCUT2D eigenvalue weighted by molar-refractivity contribution is 14.1. The van der Waals surface area contributed by atoms with Gasteiger partial charge in [0.25, 0.3) is 0 Å². The van der Waals surface area contributed by atoms with Gasteiger partial charge in [-0.1, -0.05) is 34.7 Å². The Hall–Kier alpha value is 0.300. The van der Waals surface area contributed by atoms with Crippen LogP contribution in [0.1, 0.15) is 5.56 Å². The number of hydrogen-bond acceptors (Lipinski definition) is 1. The van der Waals surface area contributed by atoms with Crippen LogP contribution in [0, 0.1) is 0 Å². The van der Waals surface area contributed by atoms with E-state index in [1.807, 2.05) is 0 Å². The van der Waals surface area contributed by atoms with Crippen LogP contribution in [0.5, 0.6) is 0 Å². The first-order valence-corrected chi connectivity index (χ1v) is 5.80. The van der Waals surface area contributed by atoms with Gasteiger partial charge in [-0.05, 0) is 24.0 Å². The number of alkyl halides is 1. The minimum atomic E-state index is 1.10. The molecule has 0 aromatic heterocycles. The lowest BCUT2D eigenvalue weighted by Crippen LogP contribution is -1.75. The summed E-state index contributed by atoms with van der Waals surface area (Å²) < 4.78 is 1.10. The Kier molecular flexibility index (Phi) is 3.56.